The number of hydrogen-bond donors (Lipinski definition) is 1. The molecule has 1 aromatic carbocycles. The van der Waals surface area contributed by atoms with Gasteiger partial charge in [0.25, 0.3) is 5.91 Å². The maximum Gasteiger partial charge on any atom is 0.340 e. The molecule has 1 heterocycles. The highest BCUT2D eigenvalue weighted by molar-refractivity contribution is 9.10. The number of nitrogens with one attached hydrogen (secondary N) is 1. The number of halogens is 2. The Labute approximate surface area is 142 Å². The molecule has 0 radical (unpaired) electrons. The van der Waals surface area contributed by atoms with E-state index in [1.165, 1.54) is 18.5 Å². The number of pyridine rings is 1. The van der Waals surface area contributed by atoms with E-state index in [2.05, 4.69) is 26.2 Å². The largest absolute Gasteiger partial charge is 0.452 e. The summed E-state index contributed by atoms with van der Waals surface area (Å²) in [6, 6.07) is 4.34. The van der Waals surface area contributed by atoms with E-state index < -0.39 is 34.9 Å². The molecule has 0 saturated carbocycles. The van der Waals surface area contributed by atoms with E-state index in [-0.39, 0.29) is 11.3 Å². The maximum atomic E-state index is 13.2. The predicted octanol–water partition coefficient (Wildman–Crippen LogP) is 2.69. The van der Waals surface area contributed by atoms with Gasteiger partial charge in [-0.05, 0) is 34.1 Å². The molecule has 0 bridgehead atoms. The second-order valence-corrected chi connectivity index (χ2v) is 5.36. The quantitative estimate of drug-likeness (QED) is 0.471. The van der Waals surface area contributed by atoms with Crippen molar-refractivity contribution in [2.45, 2.75) is 0 Å². The van der Waals surface area contributed by atoms with E-state index >= 15 is 0 Å². The fourth-order valence-corrected chi connectivity index (χ4v) is 2.03. The van der Waals surface area contributed by atoms with Gasteiger partial charge in [0.15, 0.2) is 6.61 Å². The molecule has 10 heteroatoms. The third-order valence-electron chi connectivity index (χ3n) is 2.70. The summed E-state index contributed by atoms with van der Waals surface area (Å²) in [4.78, 5) is 37.0. The molecule has 124 valence electrons. The molecule has 0 saturated heterocycles. The number of rotatable bonds is 5. The van der Waals surface area contributed by atoms with Gasteiger partial charge in [0.2, 0.25) is 5.82 Å². The van der Waals surface area contributed by atoms with Gasteiger partial charge in [0.05, 0.1) is 10.5 Å². The number of carbonyl (C=O) groups is 2. The Morgan fingerprint density at radius 1 is 1.33 bits per heavy atom. The molecule has 1 amide bonds. The van der Waals surface area contributed by atoms with Crippen molar-refractivity contribution in [1.82, 2.24) is 4.98 Å². The molecule has 1 N–H and O–H groups in total. The van der Waals surface area contributed by atoms with Crippen LogP contribution in [0.1, 0.15) is 10.4 Å². The standard InChI is InChI=1S/C14H9BrFN3O5/c15-9-3-8(5-17-6-9)14(21)24-7-13(20)18-10-1-2-11(16)12(4-10)19(22)23/h1-6H,7H2,(H,18,20). The average molecular weight is 398 g/mol. The van der Waals surface area contributed by atoms with E-state index in [1.807, 2.05) is 0 Å². The van der Waals surface area contributed by atoms with Gasteiger partial charge in [0.1, 0.15) is 0 Å². The molecule has 24 heavy (non-hydrogen) atoms. The summed E-state index contributed by atoms with van der Waals surface area (Å²) in [5.41, 5.74) is -0.618. The molecule has 8 nitrogen and oxygen atoms in total. The molecule has 0 atom stereocenters. The van der Waals surface area contributed by atoms with Crippen molar-refractivity contribution in [3.05, 3.63) is 62.6 Å². The van der Waals surface area contributed by atoms with Crippen LogP contribution in [0.3, 0.4) is 0 Å². The van der Waals surface area contributed by atoms with Crippen molar-refractivity contribution in [1.29, 1.82) is 0 Å². The van der Waals surface area contributed by atoms with Crippen LogP contribution in [0.5, 0.6) is 0 Å². The Hall–Kier alpha value is -2.88. The highest BCUT2D eigenvalue weighted by Crippen LogP contribution is 2.21. The van der Waals surface area contributed by atoms with Crippen LogP contribution in [-0.2, 0) is 9.53 Å². The summed E-state index contributed by atoms with van der Waals surface area (Å²) >= 11 is 3.14. The molecule has 0 spiro atoms. The number of nitrogens with zero attached hydrogens (tertiary/aromatic N) is 2. The van der Waals surface area contributed by atoms with Gasteiger partial charge in [-0.1, -0.05) is 0 Å². The van der Waals surface area contributed by atoms with Crippen molar-refractivity contribution in [2.75, 3.05) is 11.9 Å². The van der Waals surface area contributed by atoms with E-state index in [1.54, 1.807) is 0 Å². The number of amides is 1. The van der Waals surface area contributed by atoms with Crippen molar-refractivity contribution < 1.29 is 23.6 Å². The third kappa shape index (κ3) is 4.56. The summed E-state index contributed by atoms with van der Waals surface area (Å²) in [7, 11) is 0. The van der Waals surface area contributed by atoms with Gasteiger partial charge in [0, 0.05) is 28.6 Å². The minimum Gasteiger partial charge on any atom is -0.452 e. The van der Waals surface area contributed by atoms with Crippen LogP contribution >= 0.6 is 15.9 Å². The van der Waals surface area contributed by atoms with Crippen LogP contribution in [0.2, 0.25) is 0 Å². The second kappa shape index (κ2) is 7.59. The lowest BCUT2D eigenvalue weighted by Crippen LogP contribution is -2.21. The first kappa shape index (κ1) is 17.5. The Kier molecular flexibility index (Phi) is 5.53. The topological polar surface area (TPSA) is 111 Å². The summed E-state index contributed by atoms with van der Waals surface area (Å²) in [6.07, 6.45) is 2.75. The first-order valence-electron chi connectivity index (χ1n) is 6.38. The van der Waals surface area contributed by atoms with Crippen molar-refractivity contribution in [3.8, 4) is 0 Å². The van der Waals surface area contributed by atoms with Gasteiger partial charge < -0.3 is 10.1 Å². The molecule has 1 aromatic heterocycles. The van der Waals surface area contributed by atoms with Crippen LogP contribution in [0.15, 0.2) is 41.1 Å². The highest BCUT2D eigenvalue weighted by atomic mass is 79.9. The number of nitro groups is 1. The molecule has 0 aliphatic heterocycles. The smallest absolute Gasteiger partial charge is 0.340 e. The van der Waals surface area contributed by atoms with Crippen molar-refractivity contribution in [2.24, 2.45) is 0 Å². The average Bonchev–Trinajstić information content (AvgIpc) is 2.54. The van der Waals surface area contributed by atoms with Crippen LogP contribution in [0.4, 0.5) is 15.8 Å². The van der Waals surface area contributed by atoms with Crippen molar-refractivity contribution in [3.63, 3.8) is 0 Å². The van der Waals surface area contributed by atoms with E-state index in [9.17, 15) is 24.1 Å². The fourth-order valence-electron chi connectivity index (χ4n) is 1.67. The Balaban J connectivity index is 1.95. The minimum absolute atomic E-state index is 0.00766. The molecule has 2 aromatic rings. The van der Waals surface area contributed by atoms with Gasteiger partial charge in [-0.15, -0.1) is 0 Å². The number of esters is 1. The molecular formula is C14H9BrFN3O5. The zero-order chi connectivity index (χ0) is 17.7. The van der Waals surface area contributed by atoms with Crippen LogP contribution in [-0.4, -0.2) is 28.4 Å². The first-order valence-corrected chi connectivity index (χ1v) is 7.17. The van der Waals surface area contributed by atoms with Gasteiger partial charge >= 0.3 is 11.7 Å². The fraction of sp³-hybridized carbons (Fsp3) is 0.0714. The third-order valence-corrected chi connectivity index (χ3v) is 3.14. The van der Waals surface area contributed by atoms with Crippen LogP contribution in [0, 0.1) is 15.9 Å². The minimum atomic E-state index is -1.02. The number of hydrogen-bond acceptors (Lipinski definition) is 6. The highest BCUT2D eigenvalue weighted by Gasteiger charge is 2.16. The second-order valence-electron chi connectivity index (χ2n) is 4.44. The Bertz CT molecular complexity index is 815. The zero-order valence-corrected chi connectivity index (χ0v) is 13.4. The van der Waals surface area contributed by atoms with Gasteiger partial charge in [-0.25, -0.2) is 4.79 Å². The van der Waals surface area contributed by atoms with E-state index in [0.29, 0.717) is 4.47 Å². The van der Waals surface area contributed by atoms with Crippen molar-refractivity contribution >= 4 is 39.2 Å². The summed E-state index contributed by atoms with van der Waals surface area (Å²) in [5.74, 6) is -2.51. The molecular weight excluding hydrogens is 389 g/mol. The summed E-state index contributed by atoms with van der Waals surface area (Å²) < 4.78 is 18.6. The summed E-state index contributed by atoms with van der Waals surface area (Å²) in [5, 5.41) is 12.9. The summed E-state index contributed by atoms with van der Waals surface area (Å²) in [6.45, 7) is -0.615. The predicted molar refractivity (Wildman–Crippen MR) is 83.9 cm³/mol. The first-order chi connectivity index (χ1) is 11.4. The molecule has 0 unspecified atom stereocenters. The normalized spacial score (nSPS) is 10.1. The number of anilines is 1. The van der Waals surface area contributed by atoms with Crippen LogP contribution in [0.25, 0.3) is 0 Å². The zero-order valence-electron chi connectivity index (χ0n) is 11.9. The number of benzene rings is 1. The number of aromatic nitrogens is 1. The van der Waals surface area contributed by atoms with E-state index in [0.717, 1.165) is 18.2 Å². The van der Waals surface area contributed by atoms with Crippen LogP contribution < -0.4 is 5.32 Å². The van der Waals surface area contributed by atoms with Gasteiger partial charge in [-0.2, -0.15) is 4.39 Å². The van der Waals surface area contributed by atoms with E-state index in [4.69, 9.17) is 4.74 Å². The lowest BCUT2D eigenvalue weighted by molar-refractivity contribution is -0.387. The SMILES string of the molecule is O=C(COC(=O)c1cncc(Br)c1)Nc1ccc(F)c([N+](=O)[O-])c1. The lowest BCUT2D eigenvalue weighted by Gasteiger charge is -2.07. The Morgan fingerprint density at radius 3 is 2.75 bits per heavy atom. The molecule has 2 rings (SSSR count). The lowest BCUT2D eigenvalue weighted by atomic mass is 10.2. The molecule has 0 fully saturated rings. The maximum absolute atomic E-state index is 13.2. The van der Waals surface area contributed by atoms with Gasteiger partial charge in [-0.3, -0.25) is 19.9 Å². The number of ether oxygens (including phenoxy) is 1. The number of nitro benzene ring substituents is 1. The molecule has 0 aliphatic rings. The number of carbonyl (C=O) groups excluding carboxylic acids is 2. The Morgan fingerprint density at radius 2 is 2.08 bits per heavy atom. The molecule has 0 aliphatic carbocycles. The monoisotopic (exact) mass is 397 g/mol.